The van der Waals surface area contributed by atoms with Crippen LogP contribution in [0.5, 0.6) is 0 Å². The molecule has 0 saturated carbocycles. The Bertz CT molecular complexity index is 397. The maximum atomic E-state index is 5.78. The van der Waals surface area contributed by atoms with Crippen LogP contribution >= 0.6 is 0 Å². The monoisotopic (exact) mass is 275 g/mol. The molecule has 3 nitrogen and oxygen atoms in total. The number of nitrogen functional groups attached to an aromatic ring is 1. The fourth-order valence-electron chi connectivity index (χ4n) is 2.24. The van der Waals surface area contributed by atoms with Crippen LogP contribution in [0.2, 0.25) is 0 Å². The Morgan fingerprint density at radius 1 is 1.30 bits per heavy atom. The zero-order chi connectivity index (χ0) is 14.8. The number of hydrogen-bond donors (Lipinski definition) is 2. The molecule has 1 rings (SSSR count). The lowest BCUT2D eigenvalue weighted by molar-refractivity contribution is 0.299. The minimum atomic E-state index is 0.834. The molecular weight excluding hydrogens is 246 g/mol. The first-order valence-corrected chi connectivity index (χ1v) is 7.64. The summed E-state index contributed by atoms with van der Waals surface area (Å²) in [4.78, 5) is 2.44. The van der Waals surface area contributed by atoms with Crippen molar-refractivity contribution in [3.8, 4) is 0 Å². The zero-order valence-corrected chi connectivity index (χ0v) is 13.0. The van der Waals surface area contributed by atoms with Crippen molar-refractivity contribution in [3.05, 3.63) is 42.1 Å². The van der Waals surface area contributed by atoms with E-state index in [-0.39, 0.29) is 0 Å². The number of benzene rings is 1. The van der Waals surface area contributed by atoms with Gasteiger partial charge >= 0.3 is 0 Å². The number of nitrogens with one attached hydrogen (secondary N) is 1. The summed E-state index contributed by atoms with van der Waals surface area (Å²) in [6.07, 6.45) is 3.13. The van der Waals surface area contributed by atoms with E-state index in [1.807, 2.05) is 18.2 Å². The number of allylic oxidation sites excluding steroid dienone is 1. The predicted octanol–water partition coefficient (Wildman–Crippen LogP) is 3.04. The van der Waals surface area contributed by atoms with Crippen LogP contribution in [0.3, 0.4) is 0 Å². The Labute approximate surface area is 123 Å². The molecule has 3 heteroatoms. The number of anilines is 1. The molecule has 0 spiro atoms. The SMILES string of the molecule is C=C(CCc1cccc(N)c1)NCCCN(CC)CC. The third-order valence-corrected chi connectivity index (χ3v) is 3.59. The minimum Gasteiger partial charge on any atom is -0.399 e. The van der Waals surface area contributed by atoms with Gasteiger partial charge in [0.1, 0.15) is 0 Å². The normalized spacial score (nSPS) is 10.8. The molecule has 0 heterocycles. The third kappa shape index (κ3) is 6.62. The van der Waals surface area contributed by atoms with Gasteiger partial charge in [0.05, 0.1) is 0 Å². The van der Waals surface area contributed by atoms with E-state index in [1.54, 1.807) is 0 Å². The summed E-state index contributed by atoms with van der Waals surface area (Å²) >= 11 is 0. The second-order valence-corrected chi connectivity index (χ2v) is 5.16. The van der Waals surface area contributed by atoms with Crippen LogP contribution in [0, 0.1) is 0 Å². The van der Waals surface area contributed by atoms with E-state index in [2.05, 4.69) is 36.7 Å². The van der Waals surface area contributed by atoms with Gasteiger partial charge in [0, 0.05) is 17.9 Å². The van der Waals surface area contributed by atoms with Crippen molar-refractivity contribution >= 4 is 5.69 Å². The number of aryl methyl sites for hydroxylation is 1. The van der Waals surface area contributed by atoms with E-state index < -0.39 is 0 Å². The van der Waals surface area contributed by atoms with Crippen molar-refractivity contribution in [2.45, 2.75) is 33.1 Å². The molecular formula is C17H29N3. The van der Waals surface area contributed by atoms with Crippen molar-refractivity contribution in [2.75, 3.05) is 31.9 Å². The van der Waals surface area contributed by atoms with Gasteiger partial charge in [-0.2, -0.15) is 0 Å². The molecule has 3 N–H and O–H groups in total. The smallest absolute Gasteiger partial charge is 0.0316 e. The summed E-state index contributed by atoms with van der Waals surface area (Å²) in [6, 6.07) is 8.08. The summed E-state index contributed by atoms with van der Waals surface area (Å²) < 4.78 is 0. The summed E-state index contributed by atoms with van der Waals surface area (Å²) in [5, 5.41) is 3.42. The first-order valence-electron chi connectivity index (χ1n) is 7.64. The predicted molar refractivity (Wildman–Crippen MR) is 88.7 cm³/mol. The van der Waals surface area contributed by atoms with Crippen LogP contribution in [-0.2, 0) is 6.42 Å². The van der Waals surface area contributed by atoms with Crippen molar-refractivity contribution in [1.82, 2.24) is 10.2 Å². The van der Waals surface area contributed by atoms with Crippen LogP contribution in [-0.4, -0.2) is 31.1 Å². The van der Waals surface area contributed by atoms with Gasteiger partial charge in [-0.05, 0) is 56.6 Å². The quantitative estimate of drug-likeness (QED) is 0.509. The topological polar surface area (TPSA) is 41.3 Å². The Morgan fingerprint density at radius 2 is 2.05 bits per heavy atom. The van der Waals surface area contributed by atoms with E-state index in [0.717, 1.165) is 50.4 Å². The van der Waals surface area contributed by atoms with Gasteiger partial charge in [-0.1, -0.05) is 32.6 Å². The highest BCUT2D eigenvalue weighted by molar-refractivity contribution is 5.40. The van der Waals surface area contributed by atoms with Crippen molar-refractivity contribution in [3.63, 3.8) is 0 Å². The summed E-state index contributed by atoms with van der Waals surface area (Å²) in [7, 11) is 0. The Kier molecular flexibility index (Phi) is 7.81. The Hall–Kier alpha value is -1.48. The Morgan fingerprint density at radius 3 is 2.70 bits per heavy atom. The van der Waals surface area contributed by atoms with Crippen LogP contribution in [0.4, 0.5) is 5.69 Å². The second-order valence-electron chi connectivity index (χ2n) is 5.16. The molecule has 1 aromatic rings. The molecule has 0 bridgehead atoms. The van der Waals surface area contributed by atoms with Gasteiger partial charge in [0.25, 0.3) is 0 Å². The van der Waals surface area contributed by atoms with Crippen LogP contribution in [0.25, 0.3) is 0 Å². The Balaban J connectivity index is 2.14. The molecule has 0 fully saturated rings. The van der Waals surface area contributed by atoms with Gasteiger partial charge in [-0.15, -0.1) is 0 Å². The van der Waals surface area contributed by atoms with Gasteiger partial charge in [-0.3, -0.25) is 0 Å². The minimum absolute atomic E-state index is 0.834. The number of hydrogen-bond acceptors (Lipinski definition) is 3. The first-order chi connectivity index (χ1) is 9.65. The molecule has 0 saturated heterocycles. The molecule has 20 heavy (non-hydrogen) atoms. The molecule has 0 aromatic heterocycles. The van der Waals surface area contributed by atoms with Gasteiger partial charge in [0.15, 0.2) is 0 Å². The maximum absolute atomic E-state index is 5.78. The average Bonchev–Trinajstić information content (AvgIpc) is 2.45. The van der Waals surface area contributed by atoms with Crippen molar-refractivity contribution < 1.29 is 0 Å². The van der Waals surface area contributed by atoms with Gasteiger partial charge in [0.2, 0.25) is 0 Å². The lowest BCUT2D eigenvalue weighted by Crippen LogP contribution is -2.27. The molecule has 0 radical (unpaired) electrons. The maximum Gasteiger partial charge on any atom is 0.0316 e. The molecule has 112 valence electrons. The lowest BCUT2D eigenvalue weighted by Gasteiger charge is -2.18. The molecule has 0 amide bonds. The number of nitrogens with zero attached hydrogens (tertiary/aromatic N) is 1. The van der Waals surface area contributed by atoms with E-state index >= 15 is 0 Å². The van der Waals surface area contributed by atoms with E-state index in [4.69, 9.17) is 5.73 Å². The van der Waals surface area contributed by atoms with Crippen LogP contribution in [0.1, 0.15) is 32.3 Å². The molecule has 0 aliphatic heterocycles. The highest BCUT2D eigenvalue weighted by Gasteiger charge is 2.00. The fraction of sp³-hybridized carbons (Fsp3) is 0.529. The molecule has 1 aromatic carbocycles. The molecule has 0 unspecified atom stereocenters. The van der Waals surface area contributed by atoms with Crippen LogP contribution in [0.15, 0.2) is 36.5 Å². The third-order valence-electron chi connectivity index (χ3n) is 3.59. The summed E-state index contributed by atoms with van der Waals surface area (Å²) in [6.45, 7) is 12.9. The van der Waals surface area contributed by atoms with E-state index in [0.29, 0.717) is 0 Å². The number of nitrogens with two attached hydrogens (primary N) is 1. The largest absolute Gasteiger partial charge is 0.399 e. The summed E-state index contributed by atoms with van der Waals surface area (Å²) in [5.74, 6) is 0. The van der Waals surface area contributed by atoms with Crippen LogP contribution < -0.4 is 11.1 Å². The molecule has 0 atom stereocenters. The second kappa shape index (κ2) is 9.43. The zero-order valence-electron chi connectivity index (χ0n) is 13.0. The molecule has 0 aliphatic carbocycles. The lowest BCUT2D eigenvalue weighted by atomic mass is 10.1. The number of rotatable bonds is 10. The van der Waals surface area contributed by atoms with Gasteiger partial charge < -0.3 is 16.0 Å². The fourth-order valence-corrected chi connectivity index (χ4v) is 2.24. The highest BCUT2D eigenvalue weighted by Crippen LogP contribution is 2.10. The average molecular weight is 275 g/mol. The van der Waals surface area contributed by atoms with Gasteiger partial charge in [-0.25, -0.2) is 0 Å². The van der Waals surface area contributed by atoms with Crippen molar-refractivity contribution in [2.24, 2.45) is 0 Å². The summed E-state index contributed by atoms with van der Waals surface area (Å²) in [5.41, 5.74) is 9.00. The first kappa shape index (κ1) is 16.6. The van der Waals surface area contributed by atoms with Crippen molar-refractivity contribution in [1.29, 1.82) is 0 Å². The standard InChI is InChI=1S/C17H29N3/c1-4-20(5-2)13-7-12-19-15(3)10-11-16-8-6-9-17(18)14-16/h6,8-9,14,19H,3-5,7,10-13,18H2,1-2H3. The van der Waals surface area contributed by atoms with E-state index in [1.165, 1.54) is 12.0 Å². The highest BCUT2D eigenvalue weighted by atomic mass is 15.1. The molecule has 0 aliphatic rings. The van der Waals surface area contributed by atoms with E-state index in [9.17, 15) is 0 Å².